The molecule has 1 aliphatic rings. The molecule has 0 spiro atoms. The number of imide groups is 1. The van der Waals surface area contributed by atoms with Gasteiger partial charge in [0.15, 0.2) is 0 Å². The molecule has 3 aromatic rings. The Morgan fingerprint density at radius 1 is 0.824 bits per heavy atom. The maximum atomic E-state index is 13.7. The van der Waals surface area contributed by atoms with Crippen molar-refractivity contribution in [2.24, 2.45) is 0 Å². The number of nitrogens with one attached hydrogen (secondary N) is 2. The summed E-state index contributed by atoms with van der Waals surface area (Å²) in [6, 6.07) is 18.3. The van der Waals surface area contributed by atoms with Gasteiger partial charge in [-0.1, -0.05) is 35.9 Å². The van der Waals surface area contributed by atoms with E-state index >= 15 is 0 Å². The molecule has 0 saturated carbocycles. The second-order valence-corrected chi connectivity index (χ2v) is 8.61. The number of carbonyl (C=O) groups excluding carboxylic acids is 3. The first-order valence-corrected chi connectivity index (χ1v) is 11.1. The zero-order chi connectivity index (χ0) is 24.6. The number of anilines is 3. The molecule has 6 heteroatoms. The van der Waals surface area contributed by atoms with E-state index < -0.39 is 11.8 Å². The Labute approximate surface area is 199 Å². The van der Waals surface area contributed by atoms with Crippen molar-refractivity contribution < 1.29 is 14.4 Å². The fraction of sp³-hybridized carbons (Fsp3) is 0.179. The third-order valence-corrected chi connectivity index (χ3v) is 6.05. The van der Waals surface area contributed by atoms with Crippen LogP contribution in [0.1, 0.15) is 34.7 Å². The monoisotopic (exact) mass is 453 g/mol. The first kappa shape index (κ1) is 23.0. The van der Waals surface area contributed by atoms with Crippen LogP contribution in [0.3, 0.4) is 0 Å². The molecule has 0 atom stereocenters. The fourth-order valence-electron chi connectivity index (χ4n) is 4.14. The summed E-state index contributed by atoms with van der Waals surface area (Å²) >= 11 is 0. The lowest BCUT2D eigenvalue weighted by molar-refractivity contribution is -0.120. The highest BCUT2D eigenvalue weighted by molar-refractivity contribution is 6.46. The van der Waals surface area contributed by atoms with Crippen molar-refractivity contribution in [2.75, 3.05) is 15.5 Å². The second-order valence-electron chi connectivity index (χ2n) is 8.61. The summed E-state index contributed by atoms with van der Waals surface area (Å²) in [5.74, 6) is -1.01. The van der Waals surface area contributed by atoms with E-state index in [0.29, 0.717) is 22.5 Å². The molecule has 0 aromatic heterocycles. The van der Waals surface area contributed by atoms with Gasteiger partial charge in [0.2, 0.25) is 5.91 Å². The van der Waals surface area contributed by atoms with Crippen LogP contribution in [0, 0.1) is 27.7 Å². The van der Waals surface area contributed by atoms with E-state index in [9.17, 15) is 14.4 Å². The zero-order valence-electron chi connectivity index (χ0n) is 19.9. The maximum absolute atomic E-state index is 13.7. The van der Waals surface area contributed by atoms with Crippen LogP contribution in [-0.2, 0) is 14.4 Å². The highest BCUT2D eigenvalue weighted by atomic mass is 16.2. The molecule has 3 aromatic carbocycles. The Hall–Kier alpha value is -4.19. The fourth-order valence-corrected chi connectivity index (χ4v) is 4.14. The molecular weight excluding hydrogens is 426 g/mol. The second kappa shape index (κ2) is 8.98. The smallest absolute Gasteiger partial charge is 0.282 e. The van der Waals surface area contributed by atoms with Gasteiger partial charge in [0, 0.05) is 18.3 Å². The molecule has 0 aliphatic carbocycles. The third kappa shape index (κ3) is 4.22. The van der Waals surface area contributed by atoms with Gasteiger partial charge in [-0.25, -0.2) is 4.90 Å². The van der Waals surface area contributed by atoms with Crippen molar-refractivity contribution >= 4 is 40.4 Å². The Balaban J connectivity index is 1.81. The van der Waals surface area contributed by atoms with Crippen LogP contribution in [0.4, 0.5) is 17.1 Å². The predicted molar refractivity (Wildman–Crippen MR) is 136 cm³/mol. The van der Waals surface area contributed by atoms with Crippen LogP contribution < -0.4 is 15.5 Å². The first-order valence-electron chi connectivity index (χ1n) is 11.1. The summed E-state index contributed by atoms with van der Waals surface area (Å²) in [6.45, 7) is 9.34. The molecule has 34 heavy (non-hydrogen) atoms. The van der Waals surface area contributed by atoms with Crippen LogP contribution in [0.15, 0.2) is 66.4 Å². The molecule has 0 bridgehead atoms. The van der Waals surface area contributed by atoms with Crippen LogP contribution in [0.5, 0.6) is 0 Å². The maximum Gasteiger partial charge on any atom is 0.282 e. The molecule has 2 N–H and O–H groups in total. The zero-order valence-corrected chi connectivity index (χ0v) is 19.9. The average Bonchev–Trinajstić information content (AvgIpc) is 3.01. The lowest BCUT2D eigenvalue weighted by Crippen LogP contribution is -2.32. The molecular formula is C28H27N3O3. The number of benzene rings is 3. The van der Waals surface area contributed by atoms with Gasteiger partial charge < -0.3 is 10.6 Å². The van der Waals surface area contributed by atoms with Crippen molar-refractivity contribution in [3.05, 3.63) is 94.2 Å². The van der Waals surface area contributed by atoms with Crippen molar-refractivity contribution in [3.8, 4) is 0 Å². The summed E-state index contributed by atoms with van der Waals surface area (Å²) in [5, 5.41) is 5.96. The number of hydrogen-bond donors (Lipinski definition) is 2. The van der Waals surface area contributed by atoms with Gasteiger partial charge in [-0.15, -0.1) is 0 Å². The molecule has 6 nitrogen and oxygen atoms in total. The molecule has 0 unspecified atom stereocenters. The minimum atomic E-state index is -0.423. The third-order valence-electron chi connectivity index (χ3n) is 6.05. The Morgan fingerprint density at radius 3 is 2.18 bits per heavy atom. The summed E-state index contributed by atoms with van der Waals surface area (Å²) in [7, 11) is 0. The number of amides is 3. The molecule has 0 fully saturated rings. The van der Waals surface area contributed by atoms with E-state index in [1.807, 2.05) is 64.1 Å². The highest BCUT2D eigenvalue weighted by Gasteiger charge is 2.40. The lowest BCUT2D eigenvalue weighted by Gasteiger charge is -2.16. The van der Waals surface area contributed by atoms with E-state index in [-0.39, 0.29) is 11.6 Å². The van der Waals surface area contributed by atoms with Gasteiger partial charge in [0.25, 0.3) is 11.8 Å². The topological polar surface area (TPSA) is 78.5 Å². The number of nitrogens with zero attached hydrogens (tertiary/aromatic N) is 1. The Morgan fingerprint density at radius 2 is 1.53 bits per heavy atom. The first-order chi connectivity index (χ1) is 16.2. The largest absolute Gasteiger partial charge is 0.350 e. The van der Waals surface area contributed by atoms with Crippen molar-refractivity contribution in [1.82, 2.24) is 0 Å². The van der Waals surface area contributed by atoms with Gasteiger partial charge in [-0.3, -0.25) is 14.4 Å². The van der Waals surface area contributed by atoms with Gasteiger partial charge in [0.05, 0.1) is 11.3 Å². The van der Waals surface area contributed by atoms with Gasteiger partial charge in [-0.2, -0.15) is 0 Å². The van der Waals surface area contributed by atoms with E-state index in [2.05, 4.69) is 10.6 Å². The molecule has 1 aliphatic heterocycles. The SMILES string of the molecule is CC(=O)Nc1ccc(N2C(=O)C(Nc3cccc(C)c3C)=C(c3ccc(C)cc3C)C2=O)cc1. The quantitative estimate of drug-likeness (QED) is 0.516. The van der Waals surface area contributed by atoms with E-state index in [1.165, 1.54) is 11.8 Å². The van der Waals surface area contributed by atoms with Crippen molar-refractivity contribution in [2.45, 2.75) is 34.6 Å². The van der Waals surface area contributed by atoms with E-state index in [1.54, 1.807) is 24.3 Å². The highest BCUT2D eigenvalue weighted by Crippen LogP contribution is 2.36. The molecule has 0 saturated heterocycles. The standard InChI is InChI=1S/C28H27N3O3/c1-16-9-14-23(18(3)15-16)25-26(30-24-8-6-7-17(2)19(24)4)28(34)31(27(25)33)22-12-10-21(11-13-22)29-20(5)32/h6-15,30H,1-5H3,(H,29,32). The summed E-state index contributed by atoms with van der Waals surface area (Å²) in [6.07, 6.45) is 0. The van der Waals surface area contributed by atoms with E-state index in [4.69, 9.17) is 0 Å². The van der Waals surface area contributed by atoms with E-state index in [0.717, 1.165) is 27.9 Å². The minimum Gasteiger partial charge on any atom is -0.350 e. The molecule has 1 heterocycles. The summed E-state index contributed by atoms with van der Waals surface area (Å²) < 4.78 is 0. The van der Waals surface area contributed by atoms with Crippen molar-refractivity contribution in [1.29, 1.82) is 0 Å². The Bertz CT molecular complexity index is 1350. The normalized spacial score (nSPS) is 13.5. The van der Waals surface area contributed by atoms with Crippen LogP contribution in [0.2, 0.25) is 0 Å². The van der Waals surface area contributed by atoms with Crippen molar-refractivity contribution in [3.63, 3.8) is 0 Å². The van der Waals surface area contributed by atoms with Gasteiger partial charge >= 0.3 is 0 Å². The van der Waals surface area contributed by atoms with Gasteiger partial charge in [0.1, 0.15) is 5.70 Å². The van der Waals surface area contributed by atoms with Crippen LogP contribution in [0.25, 0.3) is 5.57 Å². The molecule has 0 radical (unpaired) electrons. The Kier molecular flexibility index (Phi) is 6.07. The number of hydrogen-bond acceptors (Lipinski definition) is 4. The van der Waals surface area contributed by atoms with Gasteiger partial charge in [-0.05, 0) is 80.3 Å². The van der Waals surface area contributed by atoms with Crippen LogP contribution in [-0.4, -0.2) is 17.7 Å². The number of rotatable bonds is 5. The average molecular weight is 454 g/mol. The number of aryl methyl sites for hydroxylation is 3. The summed E-state index contributed by atoms with van der Waals surface area (Å²) in [5.41, 5.74) is 7.19. The lowest BCUT2D eigenvalue weighted by atomic mass is 9.97. The minimum absolute atomic E-state index is 0.195. The van der Waals surface area contributed by atoms with Crippen LogP contribution >= 0.6 is 0 Å². The number of carbonyl (C=O) groups is 3. The molecule has 4 rings (SSSR count). The predicted octanol–water partition coefficient (Wildman–Crippen LogP) is 5.28. The molecule has 3 amide bonds. The summed E-state index contributed by atoms with van der Waals surface area (Å²) in [4.78, 5) is 39.9. The molecule has 172 valence electrons.